The number of aromatic hydroxyl groups is 2. The van der Waals surface area contributed by atoms with Crippen molar-refractivity contribution < 1.29 is 24.5 Å². The Kier molecular flexibility index (Phi) is 3.71. The number of halogens is 1. The Morgan fingerprint density at radius 2 is 1.76 bits per heavy atom. The monoisotopic (exact) mass is 291 g/mol. The number of hydrogen-bond donors (Lipinski definition) is 4. The predicted octanol–water partition coefficient (Wildman–Crippen LogP) is 2.65. The number of carbonyl (C=O) groups is 1. The molecule has 2 rings (SSSR count). The lowest BCUT2D eigenvalue weighted by Gasteiger charge is -2.28. The normalized spacial score (nSPS) is 13.4. The summed E-state index contributed by atoms with van der Waals surface area (Å²) in [5, 5.41) is 31.2. The van der Waals surface area contributed by atoms with E-state index >= 15 is 0 Å². The molecule has 0 aliphatic heterocycles. The number of carboxylic acid groups (broad SMARTS) is 1. The molecule has 1 unspecified atom stereocenters. The Morgan fingerprint density at radius 3 is 2.29 bits per heavy atom. The maximum atomic E-state index is 13.2. The van der Waals surface area contributed by atoms with Crippen LogP contribution in [0.5, 0.6) is 11.5 Å². The number of rotatable bonds is 4. The fourth-order valence-corrected chi connectivity index (χ4v) is 1.99. The molecule has 4 N–H and O–H groups in total. The Bertz CT molecular complexity index is 669. The molecule has 0 saturated carbocycles. The van der Waals surface area contributed by atoms with Crippen LogP contribution in [-0.2, 0) is 10.3 Å². The number of aliphatic carboxylic acids is 1. The average molecular weight is 291 g/mol. The third-order valence-electron chi connectivity index (χ3n) is 3.13. The summed E-state index contributed by atoms with van der Waals surface area (Å²) in [5.74, 6) is -2.28. The number of benzene rings is 2. The van der Waals surface area contributed by atoms with Crippen LogP contribution in [0.2, 0.25) is 0 Å². The van der Waals surface area contributed by atoms with Gasteiger partial charge in [-0.2, -0.15) is 0 Å². The Hall–Kier alpha value is -2.76. The Balaban J connectivity index is 2.47. The fourth-order valence-electron chi connectivity index (χ4n) is 1.99. The molecular weight excluding hydrogens is 277 g/mol. The number of nitrogens with one attached hydrogen (secondary N) is 1. The van der Waals surface area contributed by atoms with Crippen molar-refractivity contribution in [3.05, 3.63) is 53.8 Å². The summed E-state index contributed by atoms with van der Waals surface area (Å²) in [4.78, 5) is 11.6. The SMILES string of the molecule is CC(Nc1cccc(F)c1)(C(=O)O)c1cc(O)cc(O)c1. The van der Waals surface area contributed by atoms with Gasteiger partial charge in [0.2, 0.25) is 0 Å². The van der Waals surface area contributed by atoms with Crippen molar-refractivity contribution in [3.63, 3.8) is 0 Å². The molecule has 5 nitrogen and oxygen atoms in total. The molecule has 0 saturated heterocycles. The van der Waals surface area contributed by atoms with E-state index in [0.717, 1.165) is 12.1 Å². The zero-order chi connectivity index (χ0) is 15.6. The quantitative estimate of drug-likeness (QED) is 0.695. The van der Waals surface area contributed by atoms with Crippen LogP contribution in [0, 0.1) is 5.82 Å². The highest BCUT2D eigenvalue weighted by Crippen LogP contribution is 2.32. The summed E-state index contributed by atoms with van der Waals surface area (Å²) >= 11 is 0. The highest BCUT2D eigenvalue weighted by atomic mass is 19.1. The second kappa shape index (κ2) is 5.32. The summed E-state index contributed by atoms with van der Waals surface area (Å²) in [6, 6.07) is 8.90. The van der Waals surface area contributed by atoms with Crippen LogP contribution in [0.4, 0.5) is 10.1 Å². The van der Waals surface area contributed by atoms with E-state index in [2.05, 4.69) is 5.32 Å². The molecule has 0 heterocycles. The lowest BCUT2D eigenvalue weighted by molar-refractivity contribution is -0.142. The van der Waals surface area contributed by atoms with Crippen LogP contribution in [0.25, 0.3) is 0 Å². The van der Waals surface area contributed by atoms with Crippen LogP contribution >= 0.6 is 0 Å². The number of phenols is 2. The molecule has 0 aliphatic carbocycles. The van der Waals surface area contributed by atoms with Gasteiger partial charge in [-0.05, 0) is 42.8 Å². The Labute approximate surface area is 120 Å². The highest BCUT2D eigenvalue weighted by molar-refractivity contribution is 5.84. The maximum Gasteiger partial charge on any atom is 0.333 e. The smallest absolute Gasteiger partial charge is 0.333 e. The largest absolute Gasteiger partial charge is 0.508 e. The van der Waals surface area contributed by atoms with Crippen molar-refractivity contribution in [2.24, 2.45) is 0 Å². The van der Waals surface area contributed by atoms with Crippen LogP contribution in [-0.4, -0.2) is 21.3 Å². The van der Waals surface area contributed by atoms with Gasteiger partial charge in [-0.1, -0.05) is 6.07 Å². The summed E-state index contributed by atoms with van der Waals surface area (Å²) < 4.78 is 13.2. The third kappa shape index (κ3) is 3.05. The van der Waals surface area contributed by atoms with Gasteiger partial charge in [-0.15, -0.1) is 0 Å². The first-order valence-electron chi connectivity index (χ1n) is 6.12. The second-order valence-corrected chi connectivity index (χ2v) is 4.80. The van der Waals surface area contributed by atoms with E-state index in [-0.39, 0.29) is 22.7 Å². The molecule has 0 aromatic heterocycles. The molecule has 1 atom stereocenters. The van der Waals surface area contributed by atoms with Gasteiger partial charge >= 0.3 is 5.97 Å². The maximum absolute atomic E-state index is 13.2. The van der Waals surface area contributed by atoms with Gasteiger partial charge in [0.1, 0.15) is 17.3 Å². The van der Waals surface area contributed by atoms with E-state index < -0.39 is 17.3 Å². The van der Waals surface area contributed by atoms with Crippen molar-refractivity contribution in [2.75, 3.05) is 5.32 Å². The van der Waals surface area contributed by atoms with Crippen molar-refractivity contribution in [1.82, 2.24) is 0 Å². The van der Waals surface area contributed by atoms with E-state index in [1.54, 1.807) is 0 Å². The van der Waals surface area contributed by atoms with E-state index in [9.17, 15) is 24.5 Å². The van der Waals surface area contributed by atoms with Gasteiger partial charge in [0, 0.05) is 11.8 Å². The van der Waals surface area contributed by atoms with E-state index in [0.29, 0.717) is 0 Å². The van der Waals surface area contributed by atoms with Gasteiger partial charge in [0.05, 0.1) is 0 Å². The van der Waals surface area contributed by atoms with Crippen LogP contribution in [0.3, 0.4) is 0 Å². The van der Waals surface area contributed by atoms with Gasteiger partial charge < -0.3 is 20.6 Å². The van der Waals surface area contributed by atoms with Gasteiger partial charge in [-0.3, -0.25) is 0 Å². The number of hydrogen-bond acceptors (Lipinski definition) is 4. The molecule has 0 amide bonds. The van der Waals surface area contributed by atoms with E-state index in [4.69, 9.17) is 0 Å². The van der Waals surface area contributed by atoms with E-state index in [1.807, 2.05) is 0 Å². The zero-order valence-electron chi connectivity index (χ0n) is 11.2. The minimum absolute atomic E-state index is 0.136. The molecule has 0 aliphatic rings. The molecule has 0 spiro atoms. The van der Waals surface area contributed by atoms with E-state index in [1.165, 1.54) is 37.3 Å². The molecular formula is C15H14FNO4. The van der Waals surface area contributed by atoms with Gasteiger partial charge in [0.25, 0.3) is 0 Å². The summed E-state index contributed by atoms with van der Waals surface area (Å²) in [6.45, 7) is 1.36. The highest BCUT2D eigenvalue weighted by Gasteiger charge is 2.36. The fraction of sp³-hybridized carbons (Fsp3) is 0.133. The molecule has 2 aromatic carbocycles. The first-order valence-corrected chi connectivity index (χ1v) is 6.12. The van der Waals surface area contributed by atoms with Crippen LogP contribution in [0.1, 0.15) is 12.5 Å². The lowest BCUT2D eigenvalue weighted by Crippen LogP contribution is -2.40. The minimum Gasteiger partial charge on any atom is -0.508 e. The van der Waals surface area contributed by atoms with Crippen molar-refractivity contribution in [2.45, 2.75) is 12.5 Å². The number of anilines is 1. The standard InChI is InChI=1S/C15H14FNO4/c1-15(14(20)21,9-5-12(18)8-13(19)6-9)17-11-4-2-3-10(16)7-11/h2-8,17-19H,1H3,(H,20,21). The molecule has 0 fully saturated rings. The first kappa shape index (κ1) is 14.6. The molecule has 2 aromatic rings. The first-order chi connectivity index (χ1) is 9.81. The summed E-state index contributed by atoms with van der Waals surface area (Å²) in [5.41, 5.74) is -1.25. The van der Waals surface area contributed by atoms with Crippen LogP contribution in [0.15, 0.2) is 42.5 Å². The lowest BCUT2D eigenvalue weighted by atomic mass is 9.91. The third-order valence-corrected chi connectivity index (χ3v) is 3.13. The second-order valence-electron chi connectivity index (χ2n) is 4.80. The average Bonchev–Trinajstić information content (AvgIpc) is 2.37. The zero-order valence-corrected chi connectivity index (χ0v) is 11.2. The minimum atomic E-state index is -1.65. The van der Waals surface area contributed by atoms with Gasteiger partial charge in [0.15, 0.2) is 5.54 Å². The summed E-state index contributed by atoms with van der Waals surface area (Å²) in [7, 11) is 0. The number of carboxylic acids is 1. The predicted molar refractivity (Wildman–Crippen MR) is 74.8 cm³/mol. The summed E-state index contributed by atoms with van der Waals surface area (Å²) in [6.07, 6.45) is 0. The molecule has 0 bridgehead atoms. The molecule has 21 heavy (non-hydrogen) atoms. The topological polar surface area (TPSA) is 89.8 Å². The Morgan fingerprint density at radius 1 is 1.14 bits per heavy atom. The van der Waals surface area contributed by atoms with Crippen molar-refractivity contribution in [3.8, 4) is 11.5 Å². The molecule has 6 heteroatoms. The van der Waals surface area contributed by atoms with Gasteiger partial charge in [-0.25, -0.2) is 9.18 Å². The van der Waals surface area contributed by atoms with Crippen LogP contribution < -0.4 is 5.32 Å². The molecule has 110 valence electrons. The van der Waals surface area contributed by atoms with Crippen molar-refractivity contribution in [1.29, 1.82) is 0 Å². The number of phenolic OH excluding ortho intramolecular Hbond substituents is 2. The van der Waals surface area contributed by atoms with Crippen molar-refractivity contribution >= 4 is 11.7 Å². The molecule has 0 radical (unpaired) electrons.